The molecule has 8 heteroatoms. The Hall–Kier alpha value is -2.41. The Morgan fingerprint density at radius 2 is 1.74 bits per heavy atom. The Morgan fingerprint density at radius 1 is 1.00 bits per heavy atom. The SMILES string of the molecule is O=CN(CCc1ccc(Cl)cc1Cl)c1ccc(N/C(=C/N2CCCCC2)N2CCOCC2)cc1. The summed E-state index contributed by atoms with van der Waals surface area (Å²) in [4.78, 5) is 18.2. The molecular formula is C26H32Cl2N4O2. The first-order chi connectivity index (χ1) is 16.6. The zero-order chi connectivity index (χ0) is 23.8. The lowest BCUT2D eigenvalue weighted by Gasteiger charge is -2.34. The summed E-state index contributed by atoms with van der Waals surface area (Å²) in [7, 11) is 0. The number of morpholine rings is 1. The minimum Gasteiger partial charge on any atom is -0.378 e. The molecular weight excluding hydrogens is 471 g/mol. The van der Waals surface area contributed by atoms with Gasteiger partial charge in [0.15, 0.2) is 0 Å². The van der Waals surface area contributed by atoms with Gasteiger partial charge >= 0.3 is 0 Å². The second-order valence-corrected chi connectivity index (χ2v) is 9.51. The van der Waals surface area contributed by atoms with Crippen molar-refractivity contribution in [2.24, 2.45) is 0 Å². The lowest BCUT2D eigenvalue weighted by Crippen LogP contribution is -2.39. The summed E-state index contributed by atoms with van der Waals surface area (Å²) in [6, 6.07) is 13.4. The van der Waals surface area contributed by atoms with E-state index in [2.05, 4.69) is 21.3 Å². The van der Waals surface area contributed by atoms with E-state index >= 15 is 0 Å². The molecule has 0 aliphatic carbocycles. The van der Waals surface area contributed by atoms with E-state index in [1.165, 1.54) is 19.3 Å². The van der Waals surface area contributed by atoms with Gasteiger partial charge in [-0.2, -0.15) is 0 Å². The largest absolute Gasteiger partial charge is 0.378 e. The van der Waals surface area contributed by atoms with Crippen molar-refractivity contribution in [1.82, 2.24) is 9.80 Å². The molecule has 0 saturated carbocycles. The predicted octanol–water partition coefficient (Wildman–Crippen LogP) is 5.23. The zero-order valence-corrected chi connectivity index (χ0v) is 20.9. The van der Waals surface area contributed by atoms with E-state index in [0.29, 0.717) is 23.0 Å². The van der Waals surface area contributed by atoms with Crippen LogP contribution in [0.5, 0.6) is 0 Å². The van der Waals surface area contributed by atoms with Crippen LogP contribution in [0.25, 0.3) is 0 Å². The summed E-state index contributed by atoms with van der Waals surface area (Å²) in [5.41, 5.74) is 2.80. The lowest BCUT2D eigenvalue weighted by molar-refractivity contribution is -0.107. The quantitative estimate of drug-likeness (QED) is 0.475. The third kappa shape index (κ3) is 6.81. The van der Waals surface area contributed by atoms with Crippen molar-refractivity contribution < 1.29 is 9.53 Å². The number of ether oxygens (including phenoxy) is 1. The summed E-state index contributed by atoms with van der Waals surface area (Å²) >= 11 is 12.3. The smallest absolute Gasteiger partial charge is 0.214 e. The molecule has 2 aliphatic rings. The molecule has 0 radical (unpaired) electrons. The van der Waals surface area contributed by atoms with Gasteiger partial charge in [-0.05, 0) is 67.6 Å². The molecule has 2 aliphatic heterocycles. The number of anilines is 2. The summed E-state index contributed by atoms with van der Waals surface area (Å²) in [5, 5.41) is 4.83. The minimum absolute atomic E-state index is 0.533. The number of likely N-dealkylation sites (tertiary alicyclic amines) is 1. The highest BCUT2D eigenvalue weighted by Crippen LogP contribution is 2.24. The molecule has 1 amide bonds. The molecule has 34 heavy (non-hydrogen) atoms. The van der Waals surface area contributed by atoms with Crippen molar-refractivity contribution in [2.45, 2.75) is 25.7 Å². The lowest BCUT2D eigenvalue weighted by atomic mass is 10.1. The van der Waals surface area contributed by atoms with Crippen molar-refractivity contribution in [3.05, 3.63) is 70.1 Å². The van der Waals surface area contributed by atoms with Crippen LogP contribution in [0.15, 0.2) is 54.5 Å². The second-order valence-electron chi connectivity index (χ2n) is 8.67. The van der Waals surface area contributed by atoms with E-state index in [1.807, 2.05) is 36.4 Å². The van der Waals surface area contributed by atoms with Crippen LogP contribution in [0, 0.1) is 0 Å². The molecule has 2 fully saturated rings. The number of benzene rings is 2. The van der Waals surface area contributed by atoms with Crippen LogP contribution in [0.4, 0.5) is 11.4 Å². The van der Waals surface area contributed by atoms with Gasteiger partial charge in [-0.15, -0.1) is 0 Å². The average molecular weight is 503 g/mol. The fourth-order valence-corrected chi connectivity index (χ4v) is 4.81. The fourth-order valence-electron chi connectivity index (χ4n) is 4.31. The Morgan fingerprint density at radius 3 is 2.41 bits per heavy atom. The number of carbonyl (C=O) groups is 1. The van der Waals surface area contributed by atoms with Crippen LogP contribution < -0.4 is 10.2 Å². The Balaban J connectivity index is 1.42. The normalized spacial score (nSPS) is 16.9. The van der Waals surface area contributed by atoms with E-state index in [9.17, 15) is 4.79 Å². The van der Waals surface area contributed by atoms with Crippen molar-refractivity contribution >= 4 is 41.0 Å². The molecule has 182 valence electrons. The number of halogens is 2. The van der Waals surface area contributed by atoms with Gasteiger partial charge in [-0.1, -0.05) is 29.3 Å². The van der Waals surface area contributed by atoms with Crippen LogP contribution in [0.1, 0.15) is 24.8 Å². The number of carbonyl (C=O) groups excluding carboxylic acids is 1. The molecule has 0 atom stereocenters. The molecule has 2 aromatic carbocycles. The standard InChI is InChI=1S/C26H32Cl2N4O2/c27-22-5-4-21(25(28)18-22)10-13-32(20-33)24-8-6-23(7-9-24)29-26(31-14-16-34-17-15-31)19-30-11-2-1-3-12-30/h4-9,18-20,29H,1-3,10-17H2/b26-19-. The maximum absolute atomic E-state index is 11.8. The van der Waals surface area contributed by atoms with Gasteiger partial charge in [-0.3, -0.25) is 4.79 Å². The zero-order valence-electron chi connectivity index (χ0n) is 19.4. The summed E-state index contributed by atoms with van der Waals surface area (Å²) in [5.74, 6) is 1.10. The molecule has 0 unspecified atom stereocenters. The van der Waals surface area contributed by atoms with E-state index < -0.39 is 0 Å². The van der Waals surface area contributed by atoms with Crippen molar-refractivity contribution in [2.75, 3.05) is 56.2 Å². The van der Waals surface area contributed by atoms with Crippen molar-refractivity contribution in [3.8, 4) is 0 Å². The molecule has 6 nitrogen and oxygen atoms in total. The van der Waals surface area contributed by atoms with Crippen molar-refractivity contribution in [3.63, 3.8) is 0 Å². The van der Waals surface area contributed by atoms with Crippen molar-refractivity contribution in [1.29, 1.82) is 0 Å². The Kier molecular flexibility index (Phi) is 8.97. The maximum Gasteiger partial charge on any atom is 0.214 e. The van der Waals surface area contributed by atoms with Gasteiger partial charge in [0.2, 0.25) is 6.41 Å². The van der Waals surface area contributed by atoms with Gasteiger partial charge in [0.25, 0.3) is 0 Å². The Bertz CT molecular complexity index is 971. The number of nitrogens with one attached hydrogen (secondary N) is 1. The van der Waals surface area contributed by atoms with Crippen LogP contribution in [-0.2, 0) is 16.0 Å². The molecule has 1 N–H and O–H groups in total. The molecule has 2 aromatic rings. The number of nitrogens with zero attached hydrogens (tertiary/aromatic N) is 3. The van der Waals surface area contributed by atoms with E-state index in [4.69, 9.17) is 27.9 Å². The first kappa shape index (κ1) is 24.7. The highest BCUT2D eigenvalue weighted by atomic mass is 35.5. The molecule has 0 spiro atoms. The second kappa shape index (κ2) is 12.3. The number of rotatable bonds is 9. The monoisotopic (exact) mass is 502 g/mol. The molecule has 0 bridgehead atoms. The molecule has 4 rings (SSSR count). The van der Waals surface area contributed by atoms with Gasteiger partial charge in [-0.25, -0.2) is 0 Å². The third-order valence-electron chi connectivity index (χ3n) is 6.28. The first-order valence-electron chi connectivity index (χ1n) is 11.9. The van der Waals surface area contributed by atoms with E-state index in [0.717, 1.165) is 68.6 Å². The topological polar surface area (TPSA) is 48.1 Å². The highest BCUT2D eigenvalue weighted by Gasteiger charge is 2.17. The minimum atomic E-state index is 0.533. The number of piperidine rings is 1. The number of hydrogen-bond donors (Lipinski definition) is 1. The molecule has 0 aromatic heterocycles. The maximum atomic E-state index is 11.8. The van der Waals surface area contributed by atoms with Crippen LogP contribution in [0.3, 0.4) is 0 Å². The van der Waals surface area contributed by atoms with Crippen LogP contribution in [0.2, 0.25) is 10.0 Å². The van der Waals surface area contributed by atoms with Gasteiger partial charge < -0.3 is 24.8 Å². The van der Waals surface area contributed by atoms with Crippen LogP contribution >= 0.6 is 23.2 Å². The first-order valence-corrected chi connectivity index (χ1v) is 12.7. The van der Waals surface area contributed by atoms with Crippen LogP contribution in [-0.4, -0.2) is 62.1 Å². The highest BCUT2D eigenvalue weighted by molar-refractivity contribution is 6.35. The summed E-state index contributed by atoms with van der Waals surface area (Å²) < 4.78 is 5.55. The number of amides is 1. The summed E-state index contributed by atoms with van der Waals surface area (Å²) in [6.45, 7) is 5.95. The third-order valence-corrected chi connectivity index (χ3v) is 6.87. The van der Waals surface area contributed by atoms with Gasteiger partial charge in [0.1, 0.15) is 5.82 Å². The van der Waals surface area contributed by atoms with Gasteiger partial charge in [0, 0.05) is 60.3 Å². The predicted molar refractivity (Wildman–Crippen MR) is 140 cm³/mol. The fraction of sp³-hybridized carbons (Fsp3) is 0.423. The van der Waals surface area contributed by atoms with E-state index in [1.54, 1.807) is 11.0 Å². The Labute approximate surface area is 212 Å². The molecule has 2 heterocycles. The van der Waals surface area contributed by atoms with E-state index in [-0.39, 0.29) is 0 Å². The number of hydrogen-bond acceptors (Lipinski definition) is 5. The average Bonchev–Trinajstić information content (AvgIpc) is 2.87. The van der Waals surface area contributed by atoms with Gasteiger partial charge in [0.05, 0.1) is 13.2 Å². The molecule has 2 saturated heterocycles. The summed E-state index contributed by atoms with van der Waals surface area (Å²) in [6.07, 6.45) is 7.56.